The molecule has 0 bridgehead atoms. The number of nitrogens with zero attached hydrogens (tertiary/aromatic N) is 6. The molecule has 0 aliphatic carbocycles. The van der Waals surface area contributed by atoms with Crippen molar-refractivity contribution in [3.05, 3.63) is 66.5 Å². The van der Waals surface area contributed by atoms with Crippen molar-refractivity contribution < 1.29 is 4.79 Å². The number of carbonyl (C=O) groups is 1. The number of aromatic nitrogens is 4. The number of amides is 1. The van der Waals surface area contributed by atoms with Gasteiger partial charge in [-0.05, 0) is 37.5 Å². The molecule has 0 N–H and O–H groups in total. The van der Waals surface area contributed by atoms with Crippen molar-refractivity contribution in [2.75, 3.05) is 32.1 Å². The molecule has 0 saturated carbocycles. The standard InChI is InChI=1S/C25H26N6O/c1-29(2)23-16-19(25(32)30-12-7-4-8-13-30)15-22(27-23)20-17-26-31-14-11-21(28-24(20)31)18-9-5-3-6-10-18/h3,5-6,9-11,14-17H,4,7-8,12-13H2,1-2H3. The van der Waals surface area contributed by atoms with E-state index >= 15 is 0 Å². The van der Waals surface area contributed by atoms with Crippen LogP contribution in [0.1, 0.15) is 29.6 Å². The second-order valence-corrected chi connectivity index (χ2v) is 8.35. The highest BCUT2D eigenvalue weighted by molar-refractivity contribution is 5.96. The Morgan fingerprint density at radius 3 is 2.47 bits per heavy atom. The van der Waals surface area contributed by atoms with Gasteiger partial charge in [-0.2, -0.15) is 5.10 Å². The normalized spacial score (nSPS) is 14.0. The SMILES string of the molecule is CN(C)c1cc(C(=O)N2CCCCC2)cc(-c2cnn3ccc(-c4ccccc4)nc23)n1. The van der Waals surface area contributed by atoms with Crippen LogP contribution in [0, 0.1) is 0 Å². The van der Waals surface area contributed by atoms with E-state index in [0.29, 0.717) is 16.9 Å². The quantitative estimate of drug-likeness (QED) is 0.490. The first-order valence-electron chi connectivity index (χ1n) is 11.0. The van der Waals surface area contributed by atoms with Gasteiger partial charge < -0.3 is 9.80 Å². The minimum atomic E-state index is 0.0610. The molecule has 0 unspecified atom stereocenters. The average molecular weight is 427 g/mol. The average Bonchev–Trinajstić information content (AvgIpc) is 3.27. The van der Waals surface area contributed by atoms with Crippen LogP contribution in [-0.4, -0.2) is 57.6 Å². The smallest absolute Gasteiger partial charge is 0.254 e. The van der Waals surface area contributed by atoms with Crippen LogP contribution in [0.4, 0.5) is 5.82 Å². The van der Waals surface area contributed by atoms with Gasteiger partial charge in [0.05, 0.1) is 23.1 Å². The van der Waals surface area contributed by atoms with Crippen molar-refractivity contribution in [2.24, 2.45) is 0 Å². The lowest BCUT2D eigenvalue weighted by Gasteiger charge is -2.27. The maximum atomic E-state index is 13.2. The van der Waals surface area contributed by atoms with Crippen molar-refractivity contribution in [3.63, 3.8) is 0 Å². The van der Waals surface area contributed by atoms with Crippen LogP contribution in [0.15, 0.2) is 60.9 Å². The lowest BCUT2D eigenvalue weighted by Crippen LogP contribution is -2.35. The van der Waals surface area contributed by atoms with Gasteiger partial charge >= 0.3 is 0 Å². The minimum absolute atomic E-state index is 0.0610. The summed E-state index contributed by atoms with van der Waals surface area (Å²) in [6.07, 6.45) is 6.98. The summed E-state index contributed by atoms with van der Waals surface area (Å²) in [4.78, 5) is 26.8. The van der Waals surface area contributed by atoms with Gasteiger partial charge in [0.15, 0.2) is 5.65 Å². The van der Waals surface area contributed by atoms with Crippen molar-refractivity contribution in [2.45, 2.75) is 19.3 Å². The summed E-state index contributed by atoms with van der Waals surface area (Å²) in [7, 11) is 3.87. The zero-order chi connectivity index (χ0) is 22.1. The van der Waals surface area contributed by atoms with Gasteiger partial charge in [-0.3, -0.25) is 4.79 Å². The lowest BCUT2D eigenvalue weighted by molar-refractivity contribution is 0.0724. The third kappa shape index (κ3) is 3.82. The number of rotatable bonds is 4. The molecule has 1 aliphatic rings. The number of carbonyl (C=O) groups excluding carboxylic acids is 1. The number of benzene rings is 1. The number of pyridine rings is 1. The molecule has 3 aromatic heterocycles. The molecule has 1 aromatic carbocycles. The topological polar surface area (TPSA) is 66.6 Å². The van der Waals surface area contributed by atoms with Gasteiger partial charge in [0, 0.05) is 44.5 Å². The van der Waals surface area contributed by atoms with Crippen molar-refractivity contribution in [3.8, 4) is 22.5 Å². The number of hydrogen-bond donors (Lipinski definition) is 0. The van der Waals surface area contributed by atoms with Gasteiger partial charge in [0.2, 0.25) is 0 Å². The van der Waals surface area contributed by atoms with E-state index in [1.807, 2.05) is 78.6 Å². The Hall–Kier alpha value is -3.74. The molecule has 5 rings (SSSR count). The number of fused-ring (bicyclic) bond motifs is 1. The first kappa shape index (κ1) is 20.2. The van der Waals surface area contributed by atoms with Gasteiger partial charge in [0.25, 0.3) is 5.91 Å². The third-order valence-corrected chi connectivity index (χ3v) is 5.87. The van der Waals surface area contributed by atoms with E-state index in [1.165, 1.54) is 6.42 Å². The van der Waals surface area contributed by atoms with Crippen LogP contribution < -0.4 is 4.90 Å². The molecule has 7 nitrogen and oxygen atoms in total. The minimum Gasteiger partial charge on any atom is -0.363 e. The molecular formula is C25H26N6O. The molecule has 1 fully saturated rings. The number of likely N-dealkylation sites (tertiary alicyclic amines) is 1. The highest BCUT2D eigenvalue weighted by atomic mass is 16.2. The molecular weight excluding hydrogens is 400 g/mol. The monoisotopic (exact) mass is 426 g/mol. The fourth-order valence-corrected chi connectivity index (χ4v) is 4.11. The Morgan fingerprint density at radius 1 is 0.938 bits per heavy atom. The van der Waals surface area contributed by atoms with E-state index in [4.69, 9.17) is 9.97 Å². The highest BCUT2D eigenvalue weighted by Gasteiger charge is 2.21. The second kappa shape index (κ2) is 8.42. The summed E-state index contributed by atoms with van der Waals surface area (Å²) in [6.45, 7) is 1.62. The zero-order valence-corrected chi connectivity index (χ0v) is 18.4. The van der Waals surface area contributed by atoms with Crippen LogP contribution in [0.3, 0.4) is 0 Å². The van der Waals surface area contributed by atoms with Crippen molar-refractivity contribution >= 4 is 17.4 Å². The molecule has 0 atom stereocenters. The number of anilines is 1. The fourth-order valence-electron chi connectivity index (χ4n) is 4.11. The van der Waals surface area contributed by atoms with E-state index in [2.05, 4.69) is 5.10 Å². The highest BCUT2D eigenvalue weighted by Crippen LogP contribution is 2.28. The summed E-state index contributed by atoms with van der Waals surface area (Å²) in [5.41, 5.74) is 4.78. The van der Waals surface area contributed by atoms with Gasteiger partial charge in [-0.25, -0.2) is 14.5 Å². The lowest BCUT2D eigenvalue weighted by atomic mass is 10.1. The van der Waals surface area contributed by atoms with E-state index in [9.17, 15) is 4.79 Å². The molecule has 0 spiro atoms. The van der Waals surface area contributed by atoms with Gasteiger partial charge in [0.1, 0.15) is 5.82 Å². The van der Waals surface area contributed by atoms with E-state index in [1.54, 1.807) is 10.7 Å². The van der Waals surface area contributed by atoms with E-state index in [-0.39, 0.29) is 5.91 Å². The first-order valence-corrected chi connectivity index (χ1v) is 11.0. The van der Waals surface area contributed by atoms with Crippen molar-refractivity contribution in [1.82, 2.24) is 24.5 Å². The maximum Gasteiger partial charge on any atom is 0.254 e. The molecule has 0 radical (unpaired) electrons. The summed E-state index contributed by atoms with van der Waals surface area (Å²) in [5, 5.41) is 4.47. The summed E-state index contributed by atoms with van der Waals surface area (Å²) < 4.78 is 1.75. The summed E-state index contributed by atoms with van der Waals surface area (Å²) >= 11 is 0. The zero-order valence-electron chi connectivity index (χ0n) is 18.4. The Kier molecular flexibility index (Phi) is 5.31. The Bertz CT molecular complexity index is 1260. The van der Waals surface area contributed by atoms with Gasteiger partial charge in [-0.1, -0.05) is 30.3 Å². The number of piperidine rings is 1. The molecule has 4 aromatic rings. The van der Waals surface area contributed by atoms with Crippen LogP contribution in [0.25, 0.3) is 28.2 Å². The van der Waals surface area contributed by atoms with Gasteiger partial charge in [-0.15, -0.1) is 0 Å². The van der Waals surface area contributed by atoms with Crippen molar-refractivity contribution in [1.29, 1.82) is 0 Å². The second-order valence-electron chi connectivity index (χ2n) is 8.35. The molecule has 1 saturated heterocycles. The summed E-state index contributed by atoms with van der Waals surface area (Å²) in [6, 6.07) is 15.8. The Labute approximate surface area is 187 Å². The largest absolute Gasteiger partial charge is 0.363 e. The third-order valence-electron chi connectivity index (χ3n) is 5.87. The molecule has 7 heteroatoms. The predicted molar refractivity (Wildman–Crippen MR) is 126 cm³/mol. The Morgan fingerprint density at radius 2 is 1.72 bits per heavy atom. The molecule has 1 amide bonds. The van der Waals surface area contributed by atoms with Crippen LogP contribution in [-0.2, 0) is 0 Å². The van der Waals surface area contributed by atoms with E-state index < -0.39 is 0 Å². The summed E-state index contributed by atoms with van der Waals surface area (Å²) in [5.74, 6) is 0.798. The van der Waals surface area contributed by atoms with Crippen LogP contribution in [0.2, 0.25) is 0 Å². The number of hydrogen-bond acceptors (Lipinski definition) is 5. The predicted octanol–water partition coefficient (Wildman–Crippen LogP) is 4.15. The van der Waals surface area contributed by atoms with E-state index in [0.717, 1.165) is 48.6 Å². The molecule has 1 aliphatic heterocycles. The first-order chi connectivity index (χ1) is 15.6. The fraction of sp³-hybridized carbons (Fsp3) is 0.280. The van der Waals surface area contributed by atoms with Crippen LogP contribution in [0.5, 0.6) is 0 Å². The molecule has 4 heterocycles. The molecule has 162 valence electrons. The maximum absolute atomic E-state index is 13.2. The molecule has 32 heavy (non-hydrogen) atoms. The van der Waals surface area contributed by atoms with Crippen LogP contribution >= 0.6 is 0 Å². The Balaban J connectivity index is 1.60.